The van der Waals surface area contributed by atoms with E-state index in [2.05, 4.69) is 46.3 Å². The lowest BCUT2D eigenvalue weighted by atomic mass is 10.1. The third-order valence-electron chi connectivity index (χ3n) is 5.53. The van der Waals surface area contributed by atoms with E-state index in [4.69, 9.17) is 0 Å². The summed E-state index contributed by atoms with van der Waals surface area (Å²) in [6.07, 6.45) is 1.01. The molecule has 0 aliphatic carbocycles. The SMILES string of the molecule is CCc1ccc(-c2ccc(N3CCN(S(=O)(=O)c4ccc(C)cc4)CC3)nn2)cc1. The largest absolute Gasteiger partial charge is 0.352 e. The second kappa shape index (κ2) is 8.53. The summed E-state index contributed by atoms with van der Waals surface area (Å²) in [5.74, 6) is 0.774. The molecule has 156 valence electrons. The zero-order chi connectivity index (χ0) is 21.1. The predicted molar refractivity (Wildman–Crippen MR) is 119 cm³/mol. The van der Waals surface area contributed by atoms with Gasteiger partial charge in [-0.2, -0.15) is 4.31 Å². The van der Waals surface area contributed by atoms with Crippen molar-refractivity contribution in [2.75, 3.05) is 31.1 Å². The molecule has 0 saturated carbocycles. The number of hydrogen-bond donors (Lipinski definition) is 0. The molecule has 1 aliphatic rings. The maximum Gasteiger partial charge on any atom is 0.243 e. The van der Waals surface area contributed by atoms with E-state index in [1.165, 1.54) is 5.56 Å². The van der Waals surface area contributed by atoms with Crippen molar-refractivity contribution < 1.29 is 8.42 Å². The topological polar surface area (TPSA) is 66.4 Å². The van der Waals surface area contributed by atoms with Crippen molar-refractivity contribution in [3.05, 3.63) is 71.8 Å². The van der Waals surface area contributed by atoms with Gasteiger partial charge in [0.25, 0.3) is 0 Å². The number of aromatic nitrogens is 2. The molecule has 0 spiro atoms. The molecule has 7 heteroatoms. The van der Waals surface area contributed by atoms with Crippen LogP contribution in [0.1, 0.15) is 18.1 Å². The molecule has 0 atom stereocenters. The Bertz CT molecular complexity index is 1090. The Morgan fingerprint density at radius 3 is 2.07 bits per heavy atom. The highest BCUT2D eigenvalue weighted by Crippen LogP contribution is 2.22. The highest BCUT2D eigenvalue weighted by Gasteiger charge is 2.28. The molecule has 4 rings (SSSR count). The van der Waals surface area contributed by atoms with Gasteiger partial charge in [0.05, 0.1) is 10.6 Å². The van der Waals surface area contributed by atoms with Crippen LogP contribution in [0.2, 0.25) is 0 Å². The Hall–Kier alpha value is -2.77. The Kier molecular flexibility index (Phi) is 5.83. The van der Waals surface area contributed by atoms with Gasteiger partial charge in [-0.3, -0.25) is 0 Å². The summed E-state index contributed by atoms with van der Waals surface area (Å²) in [4.78, 5) is 2.43. The van der Waals surface area contributed by atoms with Crippen LogP contribution in [0.25, 0.3) is 11.3 Å². The van der Waals surface area contributed by atoms with Crippen LogP contribution in [0.15, 0.2) is 65.6 Å². The number of nitrogens with zero attached hydrogens (tertiary/aromatic N) is 4. The lowest BCUT2D eigenvalue weighted by molar-refractivity contribution is 0.383. The summed E-state index contributed by atoms with van der Waals surface area (Å²) >= 11 is 0. The highest BCUT2D eigenvalue weighted by molar-refractivity contribution is 7.89. The lowest BCUT2D eigenvalue weighted by Crippen LogP contribution is -2.49. The molecule has 0 amide bonds. The molecule has 30 heavy (non-hydrogen) atoms. The quantitative estimate of drug-likeness (QED) is 0.629. The molecule has 0 unspecified atom stereocenters. The summed E-state index contributed by atoms with van der Waals surface area (Å²) in [6.45, 7) is 6.11. The molecule has 0 radical (unpaired) electrons. The minimum Gasteiger partial charge on any atom is -0.352 e. The van der Waals surface area contributed by atoms with Crippen LogP contribution < -0.4 is 4.90 Å². The number of aryl methyl sites for hydroxylation is 2. The van der Waals surface area contributed by atoms with Gasteiger partial charge in [-0.05, 0) is 43.2 Å². The van der Waals surface area contributed by atoms with E-state index in [0.717, 1.165) is 29.1 Å². The first-order chi connectivity index (χ1) is 14.5. The molecule has 3 aromatic rings. The smallest absolute Gasteiger partial charge is 0.243 e. The van der Waals surface area contributed by atoms with Crippen LogP contribution in [0.5, 0.6) is 0 Å². The second-order valence-electron chi connectivity index (χ2n) is 7.53. The fourth-order valence-electron chi connectivity index (χ4n) is 3.58. The molecule has 0 bridgehead atoms. The Morgan fingerprint density at radius 1 is 0.833 bits per heavy atom. The third-order valence-corrected chi connectivity index (χ3v) is 7.44. The molecule has 1 aliphatic heterocycles. The summed E-state index contributed by atoms with van der Waals surface area (Å²) in [5.41, 5.74) is 4.21. The average Bonchev–Trinajstić information content (AvgIpc) is 2.80. The fourth-order valence-corrected chi connectivity index (χ4v) is 5.00. The molecule has 1 saturated heterocycles. The van der Waals surface area contributed by atoms with Crippen molar-refractivity contribution in [3.63, 3.8) is 0 Å². The average molecular weight is 423 g/mol. The zero-order valence-electron chi connectivity index (χ0n) is 17.3. The summed E-state index contributed by atoms with van der Waals surface area (Å²) in [5, 5.41) is 8.76. The fraction of sp³-hybridized carbons (Fsp3) is 0.304. The second-order valence-corrected chi connectivity index (χ2v) is 9.47. The molecular formula is C23H26N4O2S. The minimum atomic E-state index is -3.46. The van der Waals surface area contributed by atoms with Crippen molar-refractivity contribution in [1.29, 1.82) is 0 Å². The summed E-state index contributed by atoms with van der Waals surface area (Å²) in [6, 6.07) is 19.3. The number of hydrogen-bond acceptors (Lipinski definition) is 5. The van der Waals surface area contributed by atoms with Gasteiger partial charge in [0.1, 0.15) is 0 Å². The Labute approximate surface area is 178 Å². The van der Waals surface area contributed by atoms with Crippen molar-refractivity contribution in [1.82, 2.24) is 14.5 Å². The van der Waals surface area contributed by atoms with Crippen molar-refractivity contribution in [2.45, 2.75) is 25.2 Å². The Balaban J connectivity index is 1.42. The van der Waals surface area contributed by atoms with Crippen LogP contribution in [0.4, 0.5) is 5.82 Å². The van der Waals surface area contributed by atoms with E-state index in [0.29, 0.717) is 31.1 Å². The van der Waals surface area contributed by atoms with Crippen LogP contribution in [0, 0.1) is 6.92 Å². The molecule has 0 N–H and O–H groups in total. The van der Waals surface area contributed by atoms with Crippen molar-refractivity contribution >= 4 is 15.8 Å². The van der Waals surface area contributed by atoms with Gasteiger partial charge >= 0.3 is 0 Å². The third kappa shape index (κ3) is 4.22. The maximum atomic E-state index is 12.9. The molecule has 1 aromatic heterocycles. The van der Waals surface area contributed by atoms with E-state index in [1.54, 1.807) is 16.4 Å². The number of benzene rings is 2. The first-order valence-electron chi connectivity index (χ1n) is 10.2. The van der Waals surface area contributed by atoms with Gasteiger partial charge in [-0.1, -0.05) is 48.9 Å². The molecule has 6 nitrogen and oxygen atoms in total. The zero-order valence-corrected chi connectivity index (χ0v) is 18.1. The van der Waals surface area contributed by atoms with Crippen LogP contribution in [-0.2, 0) is 16.4 Å². The first kappa shape index (κ1) is 20.5. The number of rotatable bonds is 5. The van der Waals surface area contributed by atoms with Gasteiger partial charge < -0.3 is 4.90 Å². The van der Waals surface area contributed by atoms with Gasteiger partial charge in [-0.15, -0.1) is 10.2 Å². The van der Waals surface area contributed by atoms with Crippen LogP contribution in [-0.4, -0.2) is 49.1 Å². The van der Waals surface area contributed by atoms with E-state index in [-0.39, 0.29) is 0 Å². The van der Waals surface area contributed by atoms with E-state index >= 15 is 0 Å². The molecule has 1 fully saturated rings. The first-order valence-corrected chi connectivity index (χ1v) is 11.7. The van der Waals surface area contributed by atoms with Crippen LogP contribution in [0.3, 0.4) is 0 Å². The molecule has 2 aromatic carbocycles. The van der Waals surface area contributed by atoms with Gasteiger partial charge in [0, 0.05) is 31.7 Å². The molecule has 2 heterocycles. The normalized spacial score (nSPS) is 15.3. The lowest BCUT2D eigenvalue weighted by Gasteiger charge is -2.34. The van der Waals surface area contributed by atoms with Crippen LogP contribution >= 0.6 is 0 Å². The number of anilines is 1. The van der Waals surface area contributed by atoms with Gasteiger partial charge in [-0.25, -0.2) is 8.42 Å². The van der Waals surface area contributed by atoms with Crippen molar-refractivity contribution in [3.8, 4) is 11.3 Å². The highest BCUT2D eigenvalue weighted by atomic mass is 32.2. The van der Waals surface area contributed by atoms with E-state index < -0.39 is 10.0 Å². The number of piperazine rings is 1. The van der Waals surface area contributed by atoms with Crippen molar-refractivity contribution in [2.24, 2.45) is 0 Å². The van der Waals surface area contributed by atoms with E-state index in [1.807, 2.05) is 31.2 Å². The standard InChI is InChI=1S/C23H26N4O2S/c1-3-19-6-8-20(9-7-19)22-12-13-23(25-24-22)26-14-16-27(17-15-26)30(28,29)21-10-4-18(2)5-11-21/h4-13H,3,14-17H2,1-2H3. The van der Waals surface area contributed by atoms with E-state index in [9.17, 15) is 8.42 Å². The van der Waals surface area contributed by atoms with Gasteiger partial charge in [0.2, 0.25) is 10.0 Å². The molecular weight excluding hydrogens is 396 g/mol. The summed E-state index contributed by atoms with van der Waals surface area (Å²) in [7, 11) is -3.46. The maximum absolute atomic E-state index is 12.9. The van der Waals surface area contributed by atoms with Gasteiger partial charge in [0.15, 0.2) is 5.82 Å². The minimum absolute atomic E-state index is 0.347. The summed E-state index contributed by atoms with van der Waals surface area (Å²) < 4.78 is 27.3. The monoisotopic (exact) mass is 422 g/mol. The number of sulfonamides is 1. The predicted octanol–water partition coefficient (Wildman–Crippen LogP) is 3.53. The Morgan fingerprint density at radius 2 is 1.50 bits per heavy atom.